The van der Waals surface area contributed by atoms with Crippen LogP contribution < -0.4 is 10.6 Å². The molecule has 1 saturated heterocycles. The van der Waals surface area contributed by atoms with Crippen molar-refractivity contribution in [3.8, 4) is 0 Å². The summed E-state index contributed by atoms with van der Waals surface area (Å²) < 4.78 is 4.75. The molecule has 1 aromatic carbocycles. The number of anilines is 2. The maximum Gasteiger partial charge on any atom is 0.337 e. The molecule has 5 nitrogen and oxygen atoms in total. The average Bonchev–Trinajstić information content (AvgIpc) is 2.72. The van der Waals surface area contributed by atoms with Crippen LogP contribution in [0.3, 0.4) is 0 Å². The molecule has 1 aromatic rings. The van der Waals surface area contributed by atoms with Gasteiger partial charge in [0.05, 0.1) is 36.7 Å². The lowest BCUT2D eigenvalue weighted by atomic mass is 10.1. The van der Waals surface area contributed by atoms with Crippen molar-refractivity contribution in [1.82, 2.24) is 0 Å². The van der Waals surface area contributed by atoms with Crippen molar-refractivity contribution in [3.05, 3.63) is 23.8 Å². The molecule has 20 heavy (non-hydrogen) atoms. The zero-order chi connectivity index (χ0) is 14.5. The molecule has 110 valence electrons. The van der Waals surface area contributed by atoms with E-state index >= 15 is 0 Å². The number of benzene rings is 1. The van der Waals surface area contributed by atoms with Gasteiger partial charge < -0.3 is 20.5 Å². The molecule has 1 unspecified atom stereocenters. The summed E-state index contributed by atoms with van der Waals surface area (Å²) in [5.74, 6) is -0.373. The van der Waals surface area contributed by atoms with E-state index in [4.69, 9.17) is 10.5 Å². The highest BCUT2D eigenvalue weighted by Crippen LogP contribution is 2.30. The second-order valence-electron chi connectivity index (χ2n) is 5.14. The average molecular weight is 278 g/mol. The first-order chi connectivity index (χ1) is 9.67. The predicted molar refractivity (Wildman–Crippen MR) is 78.9 cm³/mol. The van der Waals surface area contributed by atoms with E-state index in [2.05, 4.69) is 4.90 Å². The Kier molecular flexibility index (Phi) is 4.84. The molecule has 0 aliphatic carbocycles. The number of hydrogen-bond donors (Lipinski definition) is 2. The lowest BCUT2D eigenvalue weighted by Crippen LogP contribution is -2.38. The highest BCUT2D eigenvalue weighted by atomic mass is 16.5. The summed E-state index contributed by atoms with van der Waals surface area (Å²) >= 11 is 0. The Morgan fingerprint density at radius 1 is 1.45 bits per heavy atom. The van der Waals surface area contributed by atoms with Crippen molar-refractivity contribution >= 4 is 17.3 Å². The first-order valence-corrected chi connectivity index (χ1v) is 7.02. The minimum atomic E-state index is -0.373. The first-order valence-electron chi connectivity index (χ1n) is 7.02. The number of rotatable bonds is 3. The topological polar surface area (TPSA) is 75.8 Å². The number of carbonyl (C=O) groups excluding carboxylic acids is 1. The zero-order valence-corrected chi connectivity index (χ0v) is 11.8. The summed E-state index contributed by atoms with van der Waals surface area (Å²) in [4.78, 5) is 13.8. The molecule has 0 aromatic heterocycles. The Labute approximate surface area is 119 Å². The van der Waals surface area contributed by atoms with Crippen LogP contribution in [-0.4, -0.2) is 37.4 Å². The number of carbonyl (C=O) groups is 1. The fraction of sp³-hybridized carbons (Fsp3) is 0.533. The van der Waals surface area contributed by atoms with E-state index in [0.717, 1.165) is 37.9 Å². The van der Waals surface area contributed by atoms with Gasteiger partial charge in [0.2, 0.25) is 0 Å². The number of hydrogen-bond acceptors (Lipinski definition) is 5. The third-order valence-electron chi connectivity index (χ3n) is 3.85. The molecule has 0 saturated carbocycles. The van der Waals surface area contributed by atoms with Gasteiger partial charge in [0, 0.05) is 6.54 Å². The summed E-state index contributed by atoms with van der Waals surface area (Å²) in [6, 6.07) is 5.21. The van der Waals surface area contributed by atoms with Crippen LogP contribution in [-0.2, 0) is 4.74 Å². The van der Waals surface area contributed by atoms with E-state index in [-0.39, 0.29) is 18.6 Å². The highest BCUT2D eigenvalue weighted by molar-refractivity contribution is 5.92. The molecular weight excluding hydrogens is 256 g/mol. The van der Waals surface area contributed by atoms with Gasteiger partial charge in [0.25, 0.3) is 0 Å². The van der Waals surface area contributed by atoms with Crippen molar-refractivity contribution < 1.29 is 14.6 Å². The van der Waals surface area contributed by atoms with Gasteiger partial charge in [-0.05, 0) is 31.0 Å². The van der Waals surface area contributed by atoms with Gasteiger partial charge in [-0.2, -0.15) is 0 Å². The van der Waals surface area contributed by atoms with Crippen LogP contribution in [0.5, 0.6) is 0 Å². The lowest BCUT2D eigenvalue weighted by Gasteiger charge is -2.32. The van der Waals surface area contributed by atoms with Gasteiger partial charge in [-0.3, -0.25) is 0 Å². The summed E-state index contributed by atoms with van der Waals surface area (Å²) in [5, 5.41) is 9.59. The number of aliphatic hydroxyl groups excluding tert-OH is 1. The van der Waals surface area contributed by atoms with Crippen molar-refractivity contribution in [3.63, 3.8) is 0 Å². The van der Waals surface area contributed by atoms with E-state index in [1.165, 1.54) is 7.11 Å². The molecule has 1 heterocycles. The Morgan fingerprint density at radius 3 is 2.95 bits per heavy atom. The number of esters is 1. The maximum atomic E-state index is 11.6. The van der Waals surface area contributed by atoms with E-state index in [0.29, 0.717) is 11.3 Å². The summed E-state index contributed by atoms with van der Waals surface area (Å²) in [7, 11) is 1.36. The van der Waals surface area contributed by atoms with Gasteiger partial charge >= 0.3 is 5.97 Å². The number of aliphatic hydroxyl groups is 1. The van der Waals surface area contributed by atoms with Crippen LogP contribution in [0.15, 0.2) is 18.2 Å². The van der Waals surface area contributed by atoms with Gasteiger partial charge in [-0.15, -0.1) is 0 Å². The van der Waals surface area contributed by atoms with Crippen molar-refractivity contribution in [1.29, 1.82) is 0 Å². The molecule has 0 radical (unpaired) electrons. The zero-order valence-electron chi connectivity index (χ0n) is 11.8. The molecule has 0 amide bonds. The van der Waals surface area contributed by atoms with Crippen LogP contribution in [0.25, 0.3) is 0 Å². The van der Waals surface area contributed by atoms with Gasteiger partial charge in [-0.1, -0.05) is 12.8 Å². The van der Waals surface area contributed by atoms with Crippen LogP contribution >= 0.6 is 0 Å². The maximum absolute atomic E-state index is 11.6. The van der Waals surface area contributed by atoms with Crippen LogP contribution in [0.2, 0.25) is 0 Å². The fourth-order valence-electron chi connectivity index (χ4n) is 2.72. The summed E-state index contributed by atoms with van der Waals surface area (Å²) in [6.07, 6.45) is 4.28. The number of nitrogens with two attached hydrogens (primary N) is 1. The molecule has 0 spiro atoms. The van der Waals surface area contributed by atoms with E-state index < -0.39 is 0 Å². The second-order valence-corrected chi connectivity index (χ2v) is 5.14. The van der Waals surface area contributed by atoms with E-state index in [1.54, 1.807) is 18.2 Å². The van der Waals surface area contributed by atoms with Crippen molar-refractivity contribution in [2.45, 2.75) is 31.7 Å². The normalized spacial score (nSPS) is 19.5. The SMILES string of the molecule is COC(=O)c1ccc(N)c(N2CCCCCC2CO)c1. The van der Waals surface area contributed by atoms with Crippen LogP contribution in [0.1, 0.15) is 36.0 Å². The van der Waals surface area contributed by atoms with Gasteiger partial charge in [0.15, 0.2) is 0 Å². The molecule has 5 heteroatoms. The fourth-order valence-corrected chi connectivity index (χ4v) is 2.72. The third kappa shape index (κ3) is 3.04. The summed E-state index contributed by atoms with van der Waals surface area (Å²) in [5.41, 5.74) is 7.98. The monoisotopic (exact) mass is 278 g/mol. The molecule has 1 atom stereocenters. The minimum absolute atomic E-state index is 0.0627. The predicted octanol–water partition coefficient (Wildman–Crippen LogP) is 1.80. The third-order valence-corrected chi connectivity index (χ3v) is 3.85. The molecule has 1 aliphatic rings. The minimum Gasteiger partial charge on any atom is -0.465 e. The standard InChI is InChI=1S/C15H22N2O3/c1-20-15(19)11-6-7-13(16)14(9-11)17-8-4-2-3-5-12(17)10-18/h6-7,9,12,18H,2-5,8,10,16H2,1H3. The van der Waals surface area contributed by atoms with Crippen molar-refractivity contribution in [2.75, 3.05) is 30.9 Å². The summed E-state index contributed by atoms with van der Waals surface area (Å²) in [6.45, 7) is 0.946. The number of nitrogen functional groups attached to an aromatic ring is 1. The first kappa shape index (κ1) is 14.7. The smallest absolute Gasteiger partial charge is 0.337 e. The molecule has 1 aliphatic heterocycles. The van der Waals surface area contributed by atoms with E-state index in [1.807, 2.05) is 0 Å². The van der Waals surface area contributed by atoms with E-state index in [9.17, 15) is 9.90 Å². The van der Waals surface area contributed by atoms with Gasteiger partial charge in [0.1, 0.15) is 0 Å². The largest absolute Gasteiger partial charge is 0.465 e. The quantitative estimate of drug-likeness (QED) is 0.651. The molecular formula is C15H22N2O3. The number of nitrogens with zero attached hydrogens (tertiary/aromatic N) is 1. The number of methoxy groups -OCH3 is 1. The Balaban J connectivity index is 2.35. The highest BCUT2D eigenvalue weighted by Gasteiger charge is 2.23. The Bertz CT molecular complexity index is 476. The molecule has 2 rings (SSSR count). The van der Waals surface area contributed by atoms with Crippen molar-refractivity contribution in [2.24, 2.45) is 0 Å². The van der Waals surface area contributed by atoms with Crippen LogP contribution in [0.4, 0.5) is 11.4 Å². The molecule has 1 fully saturated rings. The lowest BCUT2D eigenvalue weighted by molar-refractivity contribution is 0.0601. The van der Waals surface area contributed by atoms with Crippen LogP contribution in [0, 0.1) is 0 Å². The molecule has 3 N–H and O–H groups in total. The molecule has 0 bridgehead atoms. The Hall–Kier alpha value is -1.75. The van der Waals surface area contributed by atoms with Gasteiger partial charge in [-0.25, -0.2) is 4.79 Å². The second kappa shape index (κ2) is 6.61. The number of ether oxygens (including phenoxy) is 1. The Morgan fingerprint density at radius 2 is 2.25 bits per heavy atom.